The molecule has 82 valence electrons. The van der Waals surface area contributed by atoms with Gasteiger partial charge in [0.1, 0.15) is 10.9 Å². The van der Waals surface area contributed by atoms with Crippen molar-refractivity contribution in [2.75, 3.05) is 6.61 Å². The molecule has 1 aliphatic carbocycles. The van der Waals surface area contributed by atoms with E-state index in [4.69, 9.17) is 16.3 Å². The summed E-state index contributed by atoms with van der Waals surface area (Å²) in [6, 6.07) is 9.68. The first-order chi connectivity index (χ1) is 7.81. The molecule has 0 radical (unpaired) electrons. The Kier molecular flexibility index (Phi) is 2.44. The van der Waals surface area contributed by atoms with Crippen LogP contribution in [-0.2, 0) is 0 Å². The van der Waals surface area contributed by atoms with E-state index in [1.54, 1.807) is 6.07 Å². The maximum Gasteiger partial charge on any atom is 0.129 e. The molecule has 1 aromatic heterocycles. The molecule has 0 aliphatic heterocycles. The van der Waals surface area contributed by atoms with E-state index < -0.39 is 0 Å². The van der Waals surface area contributed by atoms with Gasteiger partial charge >= 0.3 is 0 Å². The number of benzene rings is 1. The fraction of sp³-hybridized carbons (Fsp3) is 0.308. The fourth-order valence-electron chi connectivity index (χ4n) is 1.67. The Morgan fingerprint density at radius 3 is 2.94 bits per heavy atom. The Hall–Kier alpha value is -1.28. The largest absolute Gasteiger partial charge is 0.493 e. The van der Waals surface area contributed by atoms with Crippen LogP contribution in [0.25, 0.3) is 10.9 Å². The van der Waals surface area contributed by atoms with E-state index in [1.165, 1.54) is 12.8 Å². The molecular weight excluding hydrogens is 222 g/mol. The van der Waals surface area contributed by atoms with Crippen molar-refractivity contribution >= 4 is 22.5 Å². The number of nitrogens with zero attached hydrogens (tertiary/aromatic N) is 1. The predicted molar refractivity (Wildman–Crippen MR) is 65.0 cm³/mol. The lowest BCUT2D eigenvalue weighted by Crippen LogP contribution is -1.98. The SMILES string of the molecule is Clc1ccc2cc(OCC3CC3)ccc2n1. The third-order valence-electron chi connectivity index (χ3n) is 2.81. The van der Waals surface area contributed by atoms with Crippen LogP contribution in [0.5, 0.6) is 5.75 Å². The molecule has 0 N–H and O–H groups in total. The molecule has 16 heavy (non-hydrogen) atoms. The second kappa shape index (κ2) is 3.95. The van der Waals surface area contributed by atoms with Gasteiger partial charge in [-0.3, -0.25) is 0 Å². The van der Waals surface area contributed by atoms with Crippen LogP contribution in [0.1, 0.15) is 12.8 Å². The maximum absolute atomic E-state index is 5.83. The van der Waals surface area contributed by atoms with Crippen LogP contribution in [0.3, 0.4) is 0 Å². The highest BCUT2D eigenvalue weighted by molar-refractivity contribution is 6.29. The van der Waals surface area contributed by atoms with Crippen LogP contribution in [0.4, 0.5) is 0 Å². The molecule has 0 spiro atoms. The van der Waals surface area contributed by atoms with Crippen molar-refractivity contribution in [2.45, 2.75) is 12.8 Å². The second-order valence-corrected chi connectivity index (χ2v) is 4.63. The number of fused-ring (bicyclic) bond motifs is 1. The number of halogens is 1. The molecule has 1 heterocycles. The van der Waals surface area contributed by atoms with Crippen LogP contribution >= 0.6 is 11.6 Å². The van der Waals surface area contributed by atoms with E-state index in [-0.39, 0.29) is 0 Å². The highest BCUT2D eigenvalue weighted by Crippen LogP contribution is 2.30. The minimum atomic E-state index is 0.527. The van der Waals surface area contributed by atoms with Crippen LogP contribution in [-0.4, -0.2) is 11.6 Å². The quantitative estimate of drug-likeness (QED) is 0.755. The lowest BCUT2D eigenvalue weighted by Gasteiger charge is -2.06. The lowest BCUT2D eigenvalue weighted by atomic mass is 10.2. The smallest absolute Gasteiger partial charge is 0.129 e. The number of aromatic nitrogens is 1. The van der Waals surface area contributed by atoms with Crippen molar-refractivity contribution in [3.63, 3.8) is 0 Å². The van der Waals surface area contributed by atoms with Crippen molar-refractivity contribution in [1.29, 1.82) is 0 Å². The monoisotopic (exact) mass is 233 g/mol. The molecular formula is C13H12ClNO. The van der Waals surface area contributed by atoms with Crippen LogP contribution < -0.4 is 4.74 Å². The number of hydrogen-bond acceptors (Lipinski definition) is 2. The fourth-order valence-corrected chi connectivity index (χ4v) is 1.82. The summed E-state index contributed by atoms with van der Waals surface area (Å²) in [6.07, 6.45) is 2.62. The third-order valence-corrected chi connectivity index (χ3v) is 3.02. The molecule has 3 heteroatoms. The number of pyridine rings is 1. The molecule has 2 aromatic rings. The maximum atomic E-state index is 5.83. The van der Waals surface area contributed by atoms with Gasteiger partial charge in [0, 0.05) is 5.39 Å². The summed E-state index contributed by atoms with van der Waals surface area (Å²) >= 11 is 5.83. The van der Waals surface area contributed by atoms with Gasteiger partial charge in [0.05, 0.1) is 12.1 Å². The van der Waals surface area contributed by atoms with Crippen molar-refractivity contribution in [3.05, 3.63) is 35.5 Å². The Morgan fingerprint density at radius 1 is 1.25 bits per heavy atom. The van der Waals surface area contributed by atoms with Gasteiger partial charge in [-0.15, -0.1) is 0 Å². The van der Waals surface area contributed by atoms with Gasteiger partial charge in [0.2, 0.25) is 0 Å². The van der Waals surface area contributed by atoms with Gasteiger partial charge in [0.25, 0.3) is 0 Å². The van der Waals surface area contributed by atoms with Crippen molar-refractivity contribution in [2.24, 2.45) is 5.92 Å². The normalized spacial score (nSPS) is 15.3. The molecule has 0 atom stereocenters. The van der Waals surface area contributed by atoms with Gasteiger partial charge in [0.15, 0.2) is 0 Å². The summed E-state index contributed by atoms with van der Waals surface area (Å²) in [5, 5.41) is 1.59. The van der Waals surface area contributed by atoms with Crippen LogP contribution in [0.2, 0.25) is 5.15 Å². The highest BCUT2D eigenvalue weighted by Gasteiger charge is 2.21. The summed E-state index contributed by atoms with van der Waals surface area (Å²) in [6.45, 7) is 0.840. The molecule has 0 saturated heterocycles. The second-order valence-electron chi connectivity index (χ2n) is 4.24. The topological polar surface area (TPSA) is 22.1 Å². The summed E-state index contributed by atoms with van der Waals surface area (Å²) < 4.78 is 5.71. The molecule has 1 aromatic carbocycles. The van der Waals surface area contributed by atoms with E-state index >= 15 is 0 Å². The van der Waals surface area contributed by atoms with Crippen LogP contribution in [0.15, 0.2) is 30.3 Å². The van der Waals surface area contributed by atoms with Gasteiger partial charge in [-0.2, -0.15) is 0 Å². The summed E-state index contributed by atoms with van der Waals surface area (Å²) in [5.41, 5.74) is 0.909. The zero-order valence-electron chi connectivity index (χ0n) is 8.82. The molecule has 1 aliphatic rings. The average molecular weight is 234 g/mol. The molecule has 2 nitrogen and oxygen atoms in total. The third kappa shape index (κ3) is 2.12. The summed E-state index contributed by atoms with van der Waals surface area (Å²) in [5.74, 6) is 1.70. The Morgan fingerprint density at radius 2 is 2.12 bits per heavy atom. The zero-order chi connectivity index (χ0) is 11.0. The van der Waals surface area contributed by atoms with Crippen LogP contribution in [0, 0.1) is 5.92 Å². The highest BCUT2D eigenvalue weighted by atomic mass is 35.5. The minimum Gasteiger partial charge on any atom is -0.493 e. The summed E-state index contributed by atoms with van der Waals surface area (Å²) in [7, 11) is 0. The first-order valence-electron chi connectivity index (χ1n) is 5.50. The Bertz CT molecular complexity index is 522. The van der Waals surface area contributed by atoms with Gasteiger partial charge in [-0.05, 0) is 49.1 Å². The number of rotatable bonds is 3. The molecule has 0 unspecified atom stereocenters. The molecule has 3 rings (SSSR count). The number of hydrogen-bond donors (Lipinski definition) is 0. The van der Waals surface area contributed by atoms with E-state index in [0.29, 0.717) is 5.15 Å². The molecule has 1 saturated carbocycles. The minimum absolute atomic E-state index is 0.527. The Balaban J connectivity index is 1.86. The van der Waals surface area contributed by atoms with Gasteiger partial charge < -0.3 is 4.74 Å². The standard InChI is InChI=1S/C13H12ClNO/c14-13-6-3-10-7-11(4-5-12(10)15-13)16-8-9-1-2-9/h3-7,9H,1-2,8H2. The van der Waals surface area contributed by atoms with E-state index in [0.717, 1.165) is 29.2 Å². The van der Waals surface area contributed by atoms with E-state index in [1.807, 2.05) is 24.3 Å². The first kappa shape index (κ1) is 9.91. The van der Waals surface area contributed by atoms with Crippen molar-refractivity contribution in [1.82, 2.24) is 4.98 Å². The number of ether oxygens (including phenoxy) is 1. The summed E-state index contributed by atoms with van der Waals surface area (Å²) in [4.78, 5) is 4.23. The van der Waals surface area contributed by atoms with Crippen molar-refractivity contribution < 1.29 is 4.74 Å². The van der Waals surface area contributed by atoms with Crippen molar-refractivity contribution in [3.8, 4) is 5.75 Å². The first-order valence-corrected chi connectivity index (χ1v) is 5.88. The van der Waals surface area contributed by atoms with E-state index in [2.05, 4.69) is 4.98 Å². The molecule has 0 amide bonds. The predicted octanol–water partition coefficient (Wildman–Crippen LogP) is 3.68. The average Bonchev–Trinajstić information content (AvgIpc) is 3.10. The van der Waals surface area contributed by atoms with E-state index in [9.17, 15) is 0 Å². The molecule has 1 fully saturated rings. The Labute approximate surface area is 99.2 Å². The van der Waals surface area contributed by atoms with Gasteiger partial charge in [-0.1, -0.05) is 11.6 Å². The zero-order valence-corrected chi connectivity index (χ0v) is 9.57. The lowest BCUT2D eigenvalue weighted by molar-refractivity contribution is 0.300. The van der Waals surface area contributed by atoms with Gasteiger partial charge in [-0.25, -0.2) is 4.98 Å². The molecule has 0 bridgehead atoms.